The lowest BCUT2D eigenvalue weighted by atomic mass is 10.1. The van der Waals surface area contributed by atoms with E-state index in [0.29, 0.717) is 42.7 Å². The molecule has 1 amide bonds. The zero-order valence-electron chi connectivity index (χ0n) is 14.7. The Kier molecular flexibility index (Phi) is 4.57. The summed E-state index contributed by atoms with van der Waals surface area (Å²) in [4.78, 5) is 12.3. The summed E-state index contributed by atoms with van der Waals surface area (Å²) in [5.74, 6) is 0.451. The number of fused-ring (bicyclic) bond motifs is 1. The predicted octanol–water partition coefficient (Wildman–Crippen LogP) is 2.67. The van der Waals surface area contributed by atoms with Crippen LogP contribution in [0.25, 0.3) is 10.9 Å². The van der Waals surface area contributed by atoms with Crippen LogP contribution < -0.4 is 9.62 Å². The quantitative estimate of drug-likeness (QED) is 0.707. The maximum absolute atomic E-state index is 12.3. The van der Waals surface area contributed by atoms with Gasteiger partial charge in [0.1, 0.15) is 0 Å². The van der Waals surface area contributed by atoms with E-state index in [0.717, 1.165) is 11.1 Å². The van der Waals surface area contributed by atoms with Crippen LogP contribution in [0.15, 0.2) is 48.5 Å². The maximum Gasteiger partial charge on any atom is 0.235 e. The maximum atomic E-state index is 12.3. The molecule has 1 fully saturated rings. The molecule has 1 saturated heterocycles. The fourth-order valence-electron chi connectivity index (χ4n) is 3.28. The first-order valence-corrected chi connectivity index (χ1v) is 10.5. The Labute approximate surface area is 157 Å². The van der Waals surface area contributed by atoms with Gasteiger partial charge < -0.3 is 5.32 Å². The zero-order valence-corrected chi connectivity index (χ0v) is 15.5. The molecule has 3 aromatic rings. The van der Waals surface area contributed by atoms with Crippen molar-refractivity contribution in [1.82, 2.24) is 10.2 Å². The Morgan fingerprint density at radius 1 is 1.19 bits per heavy atom. The predicted molar refractivity (Wildman–Crippen MR) is 105 cm³/mol. The number of hydrogen-bond acceptors (Lipinski definition) is 4. The van der Waals surface area contributed by atoms with E-state index in [1.165, 1.54) is 4.31 Å². The molecular formula is C19H20N4O3S. The smallest absolute Gasteiger partial charge is 0.235 e. The van der Waals surface area contributed by atoms with Gasteiger partial charge in [-0.3, -0.25) is 14.2 Å². The summed E-state index contributed by atoms with van der Waals surface area (Å²) in [7, 11) is -3.25. The van der Waals surface area contributed by atoms with Crippen LogP contribution in [0.4, 0.5) is 11.5 Å². The highest BCUT2D eigenvalue weighted by atomic mass is 32.2. The number of carbonyl (C=O) groups is 1. The number of aryl methyl sites for hydroxylation is 1. The SMILES string of the molecule is O=C(CCc1ccccc1)Nc1n[nH]c2ccc(N3CCCS3(=O)=O)cc12. The number of aromatic amines is 1. The highest BCUT2D eigenvalue weighted by Crippen LogP contribution is 2.30. The van der Waals surface area contributed by atoms with Gasteiger partial charge in [-0.15, -0.1) is 0 Å². The second-order valence-electron chi connectivity index (χ2n) is 6.58. The molecule has 0 saturated carbocycles. The first kappa shape index (κ1) is 17.5. The van der Waals surface area contributed by atoms with Gasteiger partial charge in [-0.05, 0) is 36.6 Å². The van der Waals surface area contributed by atoms with Gasteiger partial charge in [-0.2, -0.15) is 5.10 Å². The Morgan fingerprint density at radius 3 is 2.74 bits per heavy atom. The molecule has 2 N–H and O–H groups in total. The first-order valence-electron chi connectivity index (χ1n) is 8.85. The van der Waals surface area contributed by atoms with E-state index in [-0.39, 0.29) is 11.7 Å². The molecule has 0 spiro atoms. The van der Waals surface area contributed by atoms with Gasteiger partial charge >= 0.3 is 0 Å². The van der Waals surface area contributed by atoms with Gasteiger partial charge in [-0.25, -0.2) is 8.42 Å². The molecule has 2 heterocycles. The van der Waals surface area contributed by atoms with Gasteiger partial charge in [0.05, 0.1) is 17.0 Å². The van der Waals surface area contributed by atoms with Crippen LogP contribution >= 0.6 is 0 Å². The molecule has 0 unspecified atom stereocenters. The number of carbonyl (C=O) groups excluding carboxylic acids is 1. The summed E-state index contributed by atoms with van der Waals surface area (Å²) < 4.78 is 25.7. The Hall–Kier alpha value is -2.87. The Balaban J connectivity index is 1.52. The normalized spacial score (nSPS) is 15.9. The number of aromatic nitrogens is 2. The number of H-pyrrole nitrogens is 1. The van der Waals surface area contributed by atoms with Crippen LogP contribution in [-0.4, -0.2) is 36.8 Å². The average molecular weight is 384 g/mol. The van der Waals surface area contributed by atoms with E-state index < -0.39 is 10.0 Å². The second kappa shape index (κ2) is 7.03. The summed E-state index contributed by atoms with van der Waals surface area (Å²) in [5, 5.41) is 10.6. The van der Waals surface area contributed by atoms with E-state index in [2.05, 4.69) is 15.5 Å². The van der Waals surface area contributed by atoms with Crippen molar-refractivity contribution in [1.29, 1.82) is 0 Å². The second-order valence-corrected chi connectivity index (χ2v) is 8.59. The first-order chi connectivity index (χ1) is 13.0. The third kappa shape index (κ3) is 3.66. The number of nitrogens with one attached hydrogen (secondary N) is 2. The number of nitrogens with zero attached hydrogens (tertiary/aromatic N) is 2. The number of hydrogen-bond donors (Lipinski definition) is 2. The summed E-state index contributed by atoms with van der Waals surface area (Å²) in [6.07, 6.45) is 1.61. The van der Waals surface area contributed by atoms with E-state index >= 15 is 0 Å². The molecular weight excluding hydrogens is 364 g/mol. The minimum absolute atomic E-state index is 0.133. The number of rotatable bonds is 5. The average Bonchev–Trinajstić information content (AvgIpc) is 3.23. The minimum atomic E-state index is -3.25. The van der Waals surface area contributed by atoms with Crippen LogP contribution in [0, 0.1) is 0 Å². The molecule has 2 aromatic carbocycles. The lowest BCUT2D eigenvalue weighted by Gasteiger charge is -2.16. The van der Waals surface area contributed by atoms with Gasteiger partial charge in [0.2, 0.25) is 15.9 Å². The van der Waals surface area contributed by atoms with E-state index in [1.807, 2.05) is 30.3 Å². The van der Waals surface area contributed by atoms with Crippen LogP contribution in [0.1, 0.15) is 18.4 Å². The molecule has 4 rings (SSSR count). The van der Waals surface area contributed by atoms with Crippen molar-refractivity contribution in [2.75, 3.05) is 21.9 Å². The van der Waals surface area contributed by atoms with Crippen LogP contribution in [0.3, 0.4) is 0 Å². The number of anilines is 2. The van der Waals surface area contributed by atoms with Crippen molar-refractivity contribution < 1.29 is 13.2 Å². The fourth-order valence-corrected chi connectivity index (χ4v) is 4.84. The van der Waals surface area contributed by atoms with Gasteiger partial charge in [0, 0.05) is 18.4 Å². The highest BCUT2D eigenvalue weighted by Gasteiger charge is 2.28. The summed E-state index contributed by atoms with van der Waals surface area (Å²) in [6, 6.07) is 15.1. The van der Waals surface area contributed by atoms with Gasteiger partial charge in [-0.1, -0.05) is 30.3 Å². The molecule has 0 bridgehead atoms. The molecule has 1 aromatic heterocycles. The van der Waals surface area contributed by atoms with E-state index in [4.69, 9.17) is 0 Å². The van der Waals surface area contributed by atoms with Crippen molar-refractivity contribution in [3.63, 3.8) is 0 Å². The fraction of sp³-hybridized carbons (Fsp3) is 0.263. The molecule has 140 valence electrons. The standard InChI is InChI=1S/C19H20N4O3S/c24-18(10-7-14-5-2-1-3-6-14)20-19-16-13-15(8-9-17(16)21-22-19)23-11-4-12-27(23,25)26/h1-3,5-6,8-9,13H,4,7,10-12H2,(H2,20,21,22,24). The largest absolute Gasteiger partial charge is 0.309 e. The molecule has 0 atom stereocenters. The lowest BCUT2D eigenvalue weighted by molar-refractivity contribution is -0.116. The number of sulfonamides is 1. The minimum Gasteiger partial charge on any atom is -0.309 e. The highest BCUT2D eigenvalue weighted by molar-refractivity contribution is 7.93. The van der Waals surface area contributed by atoms with Crippen molar-refractivity contribution in [3.8, 4) is 0 Å². The van der Waals surface area contributed by atoms with E-state index in [9.17, 15) is 13.2 Å². The molecule has 0 aliphatic carbocycles. The summed E-state index contributed by atoms with van der Waals surface area (Å²) in [6.45, 7) is 0.477. The third-order valence-electron chi connectivity index (χ3n) is 4.68. The summed E-state index contributed by atoms with van der Waals surface area (Å²) in [5.41, 5.74) is 2.44. The topological polar surface area (TPSA) is 95.2 Å². The molecule has 7 nitrogen and oxygen atoms in total. The summed E-state index contributed by atoms with van der Waals surface area (Å²) >= 11 is 0. The van der Waals surface area contributed by atoms with Crippen molar-refractivity contribution in [3.05, 3.63) is 54.1 Å². The molecule has 1 aliphatic heterocycles. The molecule has 27 heavy (non-hydrogen) atoms. The molecule has 1 aliphatic rings. The zero-order chi connectivity index (χ0) is 18.9. The van der Waals surface area contributed by atoms with E-state index in [1.54, 1.807) is 18.2 Å². The number of amides is 1. The van der Waals surface area contributed by atoms with Crippen molar-refractivity contribution in [2.24, 2.45) is 0 Å². The third-order valence-corrected chi connectivity index (χ3v) is 6.54. The van der Waals surface area contributed by atoms with Gasteiger partial charge in [0.25, 0.3) is 0 Å². The van der Waals surface area contributed by atoms with Crippen molar-refractivity contribution in [2.45, 2.75) is 19.3 Å². The van der Waals surface area contributed by atoms with Crippen molar-refractivity contribution >= 4 is 38.3 Å². The monoisotopic (exact) mass is 384 g/mol. The van der Waals surface area contributed by atoms with Crippen LogP contribution in [0.2, 0.25) is 0 Å². The Morgan fingerprint density at radius 2 is 2.00 bits per heavy atom. The van der Waals surface area contributed by atoms with Gasteiger partial charge in [0.15, 0.2) is 5.82 Å². The molecule has 8 heteroatoms. The Bertz CT molecular complexity index is 1080. The lowest BCUT2D eigenvalue weighted by Crippen LogP contribution is -2.24. The number of benzene rings is 2. The molecule has 0 radical (unpaired) electrons. The van der Waals surface area contributed by atoms with Crippen LogP contribution in [-0.2, 0) is 21.2 Å². The van der Waals surface area contributed by atoms with Crippen LogP contribution in [0.5, 0.6) is 0 Å².